The molecule has 0 aliphatic carbocycles. The predicted octanol–water partition coefficient (Wildman–Crippen LogP) is 1.49. The molecule has 0 radical (unpaired) electrons. The third kappa shape index (κ3) is 6.63. The number of nitrogens with zero attached hydrogens (tertiary/aromatic N) is 2. The maximum absolute atomic E-state index is 11.4. The van der Waals surface area contributed by atoms with Crippen molar-refractivity contribution in [2.75, 3.05) is 40.3 Å². The van der Waals surface area contributed by atoms with Crippen LogP contribution in [0.15, 0.2) is 0 Å². The van der Waals surface area contributed by atoms with Gasteiger partial charge in [0, 0.05) is 12.5 Å². The Morgan fingerprint density at radius 3 is 2.07 bits per heavy atom. The van der Waals surface area contributed by atoms with Crippen LogP contribution in [0.3, 0.4) is 0 Å². The third-order valence-corrected chi connectivity index (χ3v) is 2.85. The fourth-order valence-corrected chi connectivity index (χ4v) is 1.74. The summed E-state index contributed by atoms with van der Waals surface area (Å²) in [7, 11) is 4.04. The van der Waals surface area contributed by atoms with Gasteiger partial charge in [0.25, 0.3) is 0 Å². The van der Waals surface area contributed by atoms with E-state index in [0.29, 0.717) is 5.78 Å². The van der Waals surface area contributed by atoms with E-state index in [4.69, 9.17) is 0 Å². The topological polar surface area (TPSA) is 23.6 Å². The van der Waals surface area contributed by atoms with E-state index >= 15 is 0 Å². The Morgan fingerprint density at radius 1 is 1.20 bits per heavy atom. The zero-order chi connectivity index (χ0) is 11.8. The number of ketones is 1. The molecule has 3 nitrogen and oxygen atoms in total. The smallest absolute Gasteiger partial charge is 0.134 e. The van der Waals surface area contributed by atoms with Gasteiger partial charge in [0.1, 0.15) is 5.78 Å². The van der Waals surface area contributed by atoms with Gasteiger partial charge in [0.2, 0.25) is 0 Å². The Bertz CT molecular complexity index is 176. The fourth-order valence-electron chi connectivity index (χ4n) is 1.74. The number of rotatable bonds is 8. The number of hydrogen-bond acceptors (Lipinski definition) is 3. The van der Waals surface area contributed by atoms with E-state index in [2.05, 4.69) is 23.6 Å². The van der Waals surface area contributed by atoms with Crippen LogP contribution in [0.4, 0.5) is 0 Å². The van der Waals surface area contributed by atoms with Gasteiger partial charge in [-0.05, 0) is 47.1 Å². The second-order valence-electron chi connectivity index (χ2n) is 4.39. The maximum atomic E-state index is 11.4. The number of Topliss-reactive ketones (excluding diaryl/α,β-unsaturated/α-hetero) is 1. The van der Waals surface area contributed by atoms with Crippen LogP contribution in [-0.4, -0.2) is 55.9 Å². The molecule has 0 aromatic carbocycles. The first-order chi connectivity index (χ1) is 7.01. The first-order valence-electron chi connectivity index (χ1n) is 5.88. The zero-order valence-electron chi connectivity index (χ0n) is 10.9. The molecular formula is C12H26N2O. The molecule has 0 aromatic heterocycles. The van der Waals surface area contributed by atoms with E-state index in [1.165, 1.54) is 0 Å². The fraction of sp³-hybridized carbons (Fsp3) is 0.917. The van der Waals surface area contributed by atoms with Gasteiger partial charge in [-0.1, -0.05) is 13.8 Å². The van der Waals surface area contributed by atoms with Crippen LogP contribution in [0.25, 0.3) is 0 Å². The van der Waals surface area contributed by atoms with Crippen molar-refractivity contribution in [3.8, 4) is 0 Å². The molecule has 3 heteroatoms. The van der Waals surface area contributed by atoms with Crippen molar-refractivity contribution in [3.05, 3.63) is 0 Å². The highest BCUT2D eigenvalue weighted by molar-refractivity contribution is 5.78. The van der Waals surface area contributed by atoms with Crippen molar-refractivity contribution in [1.29, 1.82) is 0 Å². The number of carbonyl (C=O) groups excluding carboxylic acids is 1. The highest BCUT2D eigenvalue weighted by Crippen LogP contribution is 2.07. The van der Waals surface area contributed by atoms with E-state index in [1.807, 2.05) is 14.1 Å². The van der Waals surface area contributed by atoms with E-state index in [-0.39, 0.29) is 5.92 Å². The summed E-state index contributed by atoms with van der Waals surface area (Å²) in [5.74, 6) is 0.511. The number of hydrogen-bond donors (Lipinski definition) is 0. The molecule has 0 aromatic rings. The molecule has 0 amide bonds. The van der Waals surface area contributed by atoms with Crippen molar-refractivity contribution >= 4 is 5.78 Å². The average Bonchev–Trinajstić information content (AvgIpc) is 2.16. The van der Waals surface area contributed by atoms with Gasteiger partial charge in [-0.25, -0.2) is 0 Å². The summed E-state index contributed by atoms with van der Waals surface area (Å²) in [5, 5.41) is 0. The first-order valence-corrected chi connectivity index (χ1v) is 5.88. The molecule has 0 heterocycles. The number of carbonyl (C=O) groups is 1. The normalized spacial score (nSPS) is 13.5. The summed E-state index contributed by atoms with van der Waals surface area (Å²) in [4.78, 5) is 15.9. The standard InChI is InChI=1S/C12H26N2O/c1-6-14(7-2)9-8-12(11(3)15)10-13(4)5/h12H,6-10H2,1-5H3. The molecule has 0 saturated heterocycles. The Balaban J connectivity index is 4.00. The van der Waals surface area contributed by atoms with Crippen molar-refractivity contribution < 1.29 is 4.79 Å². The molecule has 0 saturated carbocycles. The molecule has 15 heavy (non-hydrogen) atoms. The summed E-state index contributed by atoms with van der Waals surface area (Å²) in [5.41, 5.74) is 0. The Kier molecular flexibility index (Phi) is 7.61. The monoisotopic (exact) mass is 214 g/mol. The second kappa shape index (κ2) is 7.83. The minimum absolute atomic E-state index is 0.195. The highest BCUT2D eigenvalue weighted by Gasteiger charge is 2.15. The molecule has 0 fully saturated rings. The van der Waals surface area contributed by atoms with E-state index < -0.39 is 0 Å². The van der Waals surface area contributed by atoms with E-state index in [0.717, 1.165) is 32.6 Å². The van der Waals surface area contributed by atoms with Gasteiger partial charge in [-0.3, -0.25) is 4.79 Å². The lowest BCUT2D eigenvalue weighted by Gasteiger charge is -2.23. The molecule has 90 valence electrons. The lowest BCUT2D eigenvalue weighted by Crippen LogP contribution is -2.31. The summed E-state index contributed by atoms with van der Waals surface area (Å²) in [6.07, 6.45) is 0.981. The van der Waals surface area contributed by atoms with Crippen LogP contribution in [0.1, 0.15) is 27.2 Å². The Labute approximate surface area is 94.4 Å². The van der Waals surface area contributed by atoms with Gasteiger partial charge in [0.05, 0.1) is 0 Å². The van der Waals surface area contributed by atoms with Crippen LogP contribution in [0.2, 0.25) is 0 Å². The van der Waals surface area contributed by atoms with Crippen molar-refractivity contribution in [2.24, 2.45) is 5.92 Å². The molecule has 0 rings (SSSR count). The van der Waals surface area contributed by atoms with Crippen LogP contribution < -0.4 is 0 Å². The van der Waals surface area contributed by atoms with Gasteiger partial charge in [-0.15, -0.1) is 0 Å². The molecule has 0 aliphatic heterocycles. The van der Waals surface area contributed by atoms with Crippen LogP contribution in [0, 0.1) is 5.92 Å². The third-order valence-electron chi connectivity index (χ3n) is 2.85. The maximum Gasteiger partial charge on any atom is 0.134 e. The summed E-state index contributed by atoms with van der Waals surface area (Å²) < 4.78 is 0. The van der Waals surface area contributed by atoms with E-state index in [9.17, 15) is 4.79 Å². The quantitative estimate of drug-likeness (QED) is 0.611. The minimum atomic E-state index is 0.195. The summed E-state index contributed by atoms with van der Waals surface area (Å²) in [6, 6.07) is 0. The molecule has 1 unspecified atom stereocenters. The average molecular weight is 214 g/mol. The van der Waals surface area contributed by atoms with Gasteiger partial charge in [0.15, 0.2) is 0 Å². The molecule has 0 spiro atoms. The largest absolute Gasteiger partial charge is 0.309 e. The van der Waals surface area contributed by atoms with Crippen LogP contribution in [0.5, 0.6) is 0 Å². The van der Waals surface area contributed by atoms with Gasteiger partial charge in [-0.2, -0.15) is 0 Å². The lowest BCUT2D eigenvalue weighted by atomic mass is 10.0. The highest BCUT2D eigenvalue weighted by atomic mass is 16.1. The lowest BCUT2D eigenvalue weighted by molar-refractivity contribution is -0.121. The van der Waals surface area contributed by atoms with Gasteiger partial charge < -0.3 is 9.80 Å². The Morgan fingerprint density at radius 2 is 1.73 bits per heavy atom. The van der Waals surface area contributed by atoms with Crippen LogP contribution in [-0.2, 0) is 4.79 Å². The van der Waals surface area contributed by atoms with Gasteiger partial charge >= 0.3 is 0 Å². The van der Waals surface area contributed by atoms with Crippen molar-refractivity contribution in [2.45, 2.75) is 27.2 Å². The second-order valence-corrected chi connectivity index (χ2v) is 4.39. The molecule has 0 N–H and O–H groups in total. The van der Waals surface area contributed by atoms with Crippen molar-refractivity contribution in [3.63, 3.8) is 0 Å². The molecule has 0 bridgehead atoms. The minimum Gasteiger partial charge on any atom is -0.309 e. The first kappa shape index (κ1) is 14.6. The Hall–Kier alpha value is -0.410. The van der Waals surface area contributed by atoms with Crippen molar-refractivity contribution in [1.82, 2.24) is 9.80 Å². The molecular weight excluding hydrogens is 188 g/mol. The summed E-state index contributed by atoms with van der Waals surface area (Å²) >= 11 is 0. The molecule has 1 atom stereocenters. The zero-order valence-corrected chi connectivity index (χ0v) is 10.9. The summed E-state index contributed by atoms with van der Waals surface area (Å²) in [6.45, 7) is 10.1. The predicted molar refractivity (Wildman–Crippen MR) is 65.1 cm³/mol. The molecule has 0 aliphatic rings. The van der Waals surface area contributed by atoms with E-state index in [1.54, 1.807) is 6.92 Å². The SMILES string of the molecule is CCN(CC)CCC(CN(C)C)C(C)=O. The van der Waals surface area contributed by atoms with Crippen LogP contribution >= 0.6 is 0 Å².